The average Bonchev–Trinajstić information content (AvgIpc) is 3.36. The van der Waals surface area contributed by atoms with Crippen LogP contribution >= 0.6 is 11.8 Å². The van der Waals surface area contributed by atoms with Gasteiger partial charge in [0.25, 0.3) is 0 Å². The van der Waals surface area contributed by atoms with E-state index in [9.17, 15) is 33.6 Å². The van der Waals surface area contributed by atoms with E-state index in [0.29, 0.717) is 12.8 Å². The molecule has 5 rings (SSSR count). The number of aliphatic hydroxyl groups excluding tert-OH is 3. The lowest BCUT2D eigenvalue weighted by Crippen LogP contribution is -2.57. The molecule has 0 bridgehead atoms. The SMILES string of the molecule is Cc1ccccc1C(S[C@@H]1O[C@H](CO)[C@H](O)[C@H](n2cc(-c3cc(F)c(F)c(F)c3)nn2)[C@H]1O)C1(O)CC(C)(C)C1. The minimum absolute atomic E-state index is 0.0164. The molecule has 1 aromatic heterocycles. The van der Waals surface area contributed by atoms with E-state index in [2.05, 4.69) is 24.2 Å². The van der Waals surface area contributed by atoms with E-state index in [1.807, 2.05) is 31.2 Å². The first-order valence-corrected chi connectivity index (χ1v) is 13.9. The van der Waals surface area contributed by atoms with E-state index >= 15 is 0 Å². The van der Waals surface area contributed by atoms with Gasteiger partial charge in [-0.1, -0.05) is 43.3 Å². The summed E-state index contributed by atoms with van der Waals surface area (Å²) in [7, 11) is 0. The number of nitrogens with zero attached hydrogens (tertiary/aromatic N) is 3. The van der Waals surface area contributed by atoms with Crippen LogP contribution in [0.15, 0.2) is 42.6 Å². The zero-order chi connectivity index (χ0) is 29.0. The second-order valence-corrected chi connectivity index (χ2v) is 12.7. The van der Waals surface area contributed by atoms with Gasteiger partial charge in [0.2, 0.25) is 0 Å². The predicted octanol–water partition coefficient (Wildman–Crippen LogP) is 3.68. The summed E-state index contributed by atoms with van der Waals surface area (Å²) in [5.41, 5.74) is -0.413. The minimum Gasteiger partial charge on any atom is -0.394 e. The third-order valence-corrected chi connectivity index (χ3v) is 9.37. The Morgan fingerprint density at radius 1 is 1.10 bits per heavy atom. The van der Waals surface area contributed by atoms with Crippen molar-refractivity contribution in [3.63, 3.8) is 0 Å². The van der Waals surface area contributed by atoms with E-state index in [-0.39, 0.29) is 16.7 Å². The molecule has 2 aliphatic rings. The standard InChI is InChI=1S/C28H32F3N3O5S/c1-14-6-4-5-7-16(14)25(28(38)12-27(2,3)13-28)40-26-24(37)22(23(36)20(11-35)39-26)34-10-19(32-33-34)15-8-17(29)21(31)18(30)9-15/h4-10,20,22-26,35-38H,11-13H2,1-3H3/t20-,22+,23+,24-,25?,26+/m1/s1. The van der Waals surface area contributed by atoms with Gasteiger partial charge in [-0.25, -0.2) is 17.9 Å². The zero-order valence-electron chi connectivity index (χ0n) is 22.2. The van der Waals surface area contributed by atoms with Crippen molar-refractivity contribution in [2.45, 2.75) is 74.3 Å². The Balaban J connectivity index is 1.47. The van der Waals surface area contributed by atoms with Gasteiger partial charge in [-0.15, -0.1) is 16.9 Å². The van der Waals surface area contributed by atoms with Crippen molar-refractivity contribution < 1.29 is 38.3 Å². The van der Waals surface area contributed by atoms with Crippen molar-refractivity contribution in [3.8, 4) is 11.3 Å². The van der Waals surface area contributed by atoms with Crippen LogP contribution < -0.4 is 0 Å². The Kier molecular flexibility index (Phi) is 7.79. The fourth-order valence-corrected chi connectivity index (χ4v) is 7.67. The number of halogens is 3. The maximum atomic E-state index is 13.8. The third kappa shape index (κ3) is 5.28. The molecule has 40 heavy (non-hydrogen) atoms. The maximum Gasteiger partial charge on any atom is 0.194 e. The molecule has 3 aromatic rings. The molecule has 1 aliphatic carbocycles. The second kappa shape index (κ2) is 10.7. The fourth-order valence-electron chi connectivity index (χ4n) is 6.05. The highest BCUT2D eigenvalue weighted by Crippen LogP contribution is 2.59. The highest BCUT2D eigenvalue weighted by Gasteiger charge is 2.56. The first kappa shape index (κ1) is 29.0. The molecule has 1 aliphatic heterocycles. The summed E-state index contributed by atoms with van der Waals surface area (Å²) in [6.07, 6.45) is -1.59. The molecule has 1 saturated heterocycles. The number of benzene rings is 2. The number of thioether (sulfide) groups is 1. The Bertz CT molecular complexity index is 1360. The number of hydrogen-bond acceptors (Lipinski definition) is 8. The van der Waals surface area contributed by atoms with E-state index in [1.54, 1.807) is 0 Å². The molecule has 6 atom stereocenters. The monoisotopic (exact) mass is 579 g/mol. The highest BCUT2D eigenvalue weighted by molar-refractivity contribution is 8.00. The Hall–Kier alpha value is -2.48. The van der Waals surface area contributed by atoms with Gasteiger partial charge in [-0.05, 0) is 48.4 Å². The van der Waals surface area contributed by atoms with Gasteiger partial charge in [-0.2, -0.15) is 0 Å². The Morgan fingerprint density at radius 3 is 2.35 bits per heavy atom. The molecule has 2 heterocycles. The van der Waals surface area contributed by atoms with Crippen molar-refractivity contribution in [1.82, 2.24) is 15.0 Å². The predicted molar refractivity (Wildman–Crippen MR) is 142 cm³/mol. The number of hydrogen-bond donors (Lipinski definition) is 4. The van der Waals surface area contributed by atoms with Crippen LogP contribution in [0.2, 0.25) is 0 Å². The van der Waals surface area contributed by atoms with Gasteiger partial charge in [0.15, 0.2) is 17.5 Å². The largest absolute Gasteiger partial charge is 0.394 e. The lowest BCUT2D eigenvalue weighted by molar-refractivity contribution is -0.179. The Labute approximate surface area is 233 Å². The summed E-state index contributed by atoms with van der Waals surface area (Å²) >= 11 is 1.21. The van der Waals surface area contributed by atoms with Gasteiger partial charge in [0.05, 0.1) is 23.7 Å². The number of rotatable bonds is 7. The van der Waals surface area contributed by atoms with Crippen LogP contribution in [0.5, 0.6) is 0 Å². The van der Waals surface area contributed by atoms with Crippen molar-refractivity contribution in [2.24, 2.45) is 5.41 Å². The van der Waals surface area contributed by atoms with Gasteiger partial charge in [0.1, 0.15) is 35.5 Å². The molecule has 12 heteroatoms. The van der Waals surface area contributed by atoms with Crippen LogP contribution in [0.3, 0.4) is 0 Å². The molecule has 1 saturated carbocycles. The molecule has 4 N–H and O–H groups in total. The zero-order valence-corrected chi connectivity index (χ0v) is 23.0. The van der Waals surface area contributed by atoms with Crippen LogP contribution in [0.1, 0.15) is 49.1 Å². The molecular weight excluding hydrogens is 547 g/mol. The number of ether oxygens (including phenoxy) is 1. The average molecular weight is 580 g/mol. The first-order valence-electron chi connectivity index (χ1n) is 13.0. The van der Waals surface area contributed by atoms with E-state index in [0.717, 1.165) is 27.9 Å². The van der Waals surface area contributed by atoms with E-state index < -0.39 is 64.7 Å². The van der Waals surface area contributed by atoms with Gasteiger partial charge in [-0.3, -0.25) is 0 Å². The third-order valence-electron chi connectivity index (χ3n) is 7.74. The minimum atomic E-state index is -1.61. The molecule has 8 nitrogen and oxygen atoms in total. The van der Waals surface area contributed by atoms with Crippen LogP contribution in [0.4, 0.5) is 13.2 Å². The van der Waals surface area contributed by atoms with Crippen molar-refractivity contribution >= 4 is 11.8 Å². The molecule has 2 aromatic carbocycles. The molecule has 0 radical (unpaired) electrons. The smallest absolute Gasteiger partial charge is 0.194 e. The quantitative estimate of drug-likeness (QED) is 0.313. The van der Waals surface area contributed by atoms with Crippen LogP contribution in [-0.4, -0.2) is 71.4 Å². The summed E-state index contributed by atoms with van der Waals surface area (Å²) in [5.74, 6) is -4.41. The van der Waals surface area contributed by atoms with E-state index in [4.69, 9.17) is 4.74 Å². The highest BCUT2D eigenvalue weighted by atomic mass is 32.2. The topological polar surface area (TPSA) is 121 Å². The van der Waals surface area contributed by atoms with Gasteiger partial charge in [0, 0.05) is 5.56 Å². The van der Waals surface area contributed by atoms with Gasteiger partial charge < -0.3 is 25.2 Å². The van der Waals surface area contributed by atoms with Crippen molar-refractivity contribution in [2.75, 3.05) is 6.61 Å². The molecule has 0 amide bonds. The van der Waals surface area contributed by atoms with Crippen LogP contribution in [0, 0.1) is 29.8 Å². The lowest BCUT2D eigenvalue weighted by Gasteiger charge is -2.54. The normalized spacial score (nSPS) is 28.2. The fraction of sp³-hybridized carbons (Fsp3) is 0.500. The summed E-state index contributed by atoms with van der Waals surface area (Å²) < 4.78 is 48.2. The number of aliphatic hydroxyl groups is 4. The summed E-state index contributed by atoms with van der Waals surface area (Å²) in [6, 6.07) is 8.02. The molecule has 216 valence electrons. The molecule has 1 unspecified atom stereocenters. The second-order valence-electron chi connectivity index (χ2n) is 11.5. The van der Waals surface area contributed by atoms with Gasteiger partial charge >= 0.3 is 0 Å². The summed E-state index contributed by atoms with van der Waals surface area (Å²) in [6.45, 7) is 5.52. The maximum absolute atomic E-state index is 13.8. The lowest BCUT2D eigenvalue weighted by atomic mass is 9.59. The summed E-state index contributed by atoms with van der Waals surface area (Å²) in [4.78, 5) is 0. The molecule has 2 fully saturated rings. The number of aromatic nitrogens is 3. The number of aryl methyl sites for hydroxylation is 1. The first-order chi connectivity index (χ1) is 18.8. The van der Waals surface area contributed by atoms with Crippen LogP contribution in [-0.2, 0) is 4.74 Å². The Morgan fingerprint density at radius 2 is 1.75 bits per heavy atom. The van der Waals surface area contributed by atoms with Crippen molar-refractivity contribution in [1.29, 1.82) is 0 Å². The molecule has 0 spiro atoms. The van der Waals surface area contributed by atoms with E-state index in [1.165, 1.54) is 18.0 Å². The van der Waals surface area contributed by atoms with Crippen LogP contribution in [0.25, 0.3) is 11.3 Å². The summed E-state index contributed by atoms with van der Waals surface area (Å²) in [5, 5.41) is 51.5. The molecular formula is C28H32F3N3O5S. The van der Waals surface area contributed by atoms with Crippen molar-refractivity contribution in [3.05, 3.63) is 71.2 Å².